The summed E-state index contributed by atoms with van der Waals surface area (Å²) in [7, 11) is -3.71. The lowest BCUT2D eigenvalue weighted by Crippen LogP contribution is -2.16. The molecule has 3 aromatic rings. The van der Waals surface area contributed by atoms with Gasteiger partial charge in [0.05, 0.1) is 4.90 Å². The van der Waals surface area contributed by atoms with Crippen LogP contribution >= 0.6 is 0 Å². The first-order valence-electron chi connectivity index (χ1n) is 8.83. The fraction of sp³-hybridized carbons (Fsp3) is 0.136. The Balaban J connectivity index is 1.83. The van der Waals surface area contributed by atoms with Crippen molar-refractivity contribution in [1.29, 1.82) is 0 Å². The molecule has 0 radical (unpaired) electrons. The molecule has 0 aliphatic carbocycles. The van der Waals surface area contributed by atoms with E-state index in [0.717, 1.165) is 22.4 Å². The van der Waals surface area contributed by atoms with Gasteiger partial charge in [0.25, 0.3) is 15.9 Å². The van der Waals surface area contributed by atoms with Gasteiger partial charge >= 0.3 is 0 Å². The number of amides is 1. The van der Waals surface area contributed by atoms with Gasteiger partial charge in [0.2, 0.25) is 0 Å². The number of anilines is 2. The third-order valence-corrected chi connectivity index (χ3v) is 5.74. The highest BCUT2D eigenvalue weighted by atomic mass is 32.2. The number of rotatable bonds is 5. The molecule has 2 N–H and O–H groups in total. The molecule has 0 aliphatic rings. The lowest BCUT2D eigenvalue weighted by Gasteiger charge is -2.14. The van der Waals surface area contributed by atoms with Gasteiger partial charge in [-0.05, 0) is 62.2 Å². The molecule has 0 fully saturated rings. The van der Waals surface area contributed by atoms with Crippen LogP contribution in [0, 0.1) is 20.8 Å². The lowest BCUT2D eigenvalue weighted by molar-refractivity contribution is 0.102. The number of nitrogens with one attached hydrogen (secondary N) is 2. The minimum absolute atomic E-state index is 0.163. The molecule has 6 heteroatoms. The summed E-state index contributed by atoms with van der Waals surface area (Å²) in [5, 5.41) is 2.93. The van der Waals surface area contributed by atoms with E-state index in [-0.39, 0.29) is 10.8 Å². The summed E-state index contributed by atoms with van der Waals surface area (Å²) in [5.74, 6) is -0.296. The second kappa shape index (κ2) is 7.86. The van der Waals surface area contributed by atoms with E-state index in [0.29, 0.717) is 11.3 Å². The van der Waals surface area contributed by atoms with Crippen molar-refractivity contribution >= 4 is 27.3 Å². The first-order chi connectivity index (χ1) is 13.3. The minimum Gasteiger partial charge on any atom is -0.322 e. The summed E-state index contributed by atoms with van der Waals surface area (Å²) in [6.07, 6.45) is 0. The largest absolute Gasteiger partial charge is 0.322 e. The molecule has 0 unspecified atom stereocenters. The van der Waals surface area contributed by atoms with Crippen molar-refractivity contribution in [2.24, 2.45) is 0 Å². The van der Waals surface area contributed by atoms with Crippen molar-refractivity contribution in [3.63, 3.8) is 0 Å². The first kappa shape index (κ1) is 19.6. The lowest BCUT2D eigenvalue weighted by atomic mass is 10.0. The van der Waals surface area contributed by atoms with E-state index in [9.17, 15) is 13.2 Å². The van der Waals surface area contributed by atoms with Crippen LogP contribution in [-0.4, -0.2) is 14.3 Å². The Kier molecular flexibility index (Phi) is 5.51. The zero-order valence-electron chi connectivity index (χ0n) is 16.0. The summed E-state index contributed by atoms with van der Waals surface area (Å²) in [6.45, 7) is 5.90. The zero-order chi connectivity index (χ0) is 20.3. The Hall–Kier alpha value is -3.12. The molecule has 144 valence electrons. The Morgan fingerprint density at radius 1 is 0.821 bits per heavy atom. The normalized spacial score (nSPS) is 11.1. The number of hydrogen-bond donors (Lipinski definition) is 2. The van der Waals surface area contributed by atoms with Crippen molar-refractivity contribution in [2.75, 3.05) is 10.0 Å². The van der Waals surface area contributed by atoms with Gasteiger partial charge in [0, 0.05) is 16.9 Å². The van der Waals surface area contributed by atoms with Gasteiger partial charge in [0.15, 0.2) is 0 Å². The maximum absolute atomic E-state index is 12.7. The molecule has 0 bridgehead atoms. The highest BCUT2D eigenvalue weighted by Crippen LogP contribution is 2.23. The molecule has 1 amide bonds. The molecular weight excluding hydrogens is 372 g/mol. The van der Waals surface area contributed by atoms with Crippen LogP contribution < -0.4 is 10.0 Å². The molecule has 0 saturated heterocycles. The molecule has 0 aromatic heterocycles. The highest BCUT2D eigenvalue weighted by molar-refractivity contribution is 7.92. The van der Waals surface area contributed by atoms with E-state index in [2.05, 4.69) is 10.0 Å². The van der Waals surface area contributed by atoms with E-state index in [1.165, 1.54) is 18.2 Å². The van der Waals surface area contributed by atoms with Gasteiger partial charge in [-0.3, -0.25) is 9.52 Å². The van der Waals surface area contributed by atoms with Crippen LogP contribution in [0.5, 0.6) is 0 Å². The van der Waals surface area contributed by atoms with Crippen molar-refractivity contribution < 1.29 is 13.2 Å². The molecule has 0 spiro atoms. The molecule has 5 nitrogen and oxygen atoms in total. The van der Waals surface area contributed by atoms with Crippen LogP contribution in [0.2, 0.25) is 0 Å². The maximum Gasteiger partial charge on any atom is 0.261 e. The van der Waals surface area contributed by atoms with Crippen molar-refractivity contribution in [3.05, 3.63) is 89.0 Å². The molecule has 0 saturated carbocycles. The molecule has 0 aliphatic heterocycles. The van der Waals surface area contributed by atoms with E-state index in [1.807, 2.05) is 32.9 Å². The molecule has 3 aromatic carbocycles. The molecular formula is C22H22N2O3S. The summed E-state index contributed by atoms with van der Waals surface area (Å²) in [4.78, 5) is 12.9. The smallest absolute Gasteiger partial charge is 0.261 e. The number of hydrogen-bond acceptors (Lipinski definition) is 3. The maximum atomic E-state index is 12.7. The van der Waals surface area contributed by atoms with Crippen LogP contribution in [0.3, 0.4) is 0 Å². The summed E-state index contributed by atoms with van der Waals surface area (Å²) < 4.78 is 27.5. The third-order valence-electron chi connectivity index (χ3n) is 4.35. The van der Waals surface area contributed by atoms with Gasteiger partial charge in [-0.25, -0.2) is 8.42 Å². The summed E-state index contributed by atoms with van der Waals surface area (Å²) >= 11 is 0. The van der Waals surface area contributed by atoms with Crippen molar-refractivity contribution in [2.45, 2.75) is 25.7 Å². The number of aryl methyl sites for hydroxylation is 3. The fourth-order valence-electron chi connectivity index (χ4n) is 3.10. The summed E-state index contributed by atoms with van der Waals surface area (Å²) in [5.41, 5.74) is 4.55. The fourth-order valence-corrected chi connectivity index (χ4v) is 4.17. The van der Waals surface area contributed by atoms with Gasteiger partial charge in [-0.1, -0.05) is 42.0 Å². The first-order valence-corrected chi connectivity index (χ1v) is 10.3. The third kappa shape index (κ3) is 4.40. The van der Waals surface area contributed by atoms with Crippen molar-refractivity contribution in [1.82, 2.24) is 0 Å². The Labute approximate surface area is 165 Å². The predicted molar refractivity (Wildman–Crippen MR) is 112 cm³/mol. The van der Waals surface area contributed by atoms with E-state index in [1.54, 1.807) is 36.4 Å². The second-order valence-electron chi connectivity index (χ2n) is 6.73. The number of carbonyl (C=O) groups excluding carboxylic acids is 1. The van der Waals surface area contributed by atoms with Gasteiger partial charge in [-0.2, -0.15) is 0 Å². The van der Waals surface area contributed by atoms with Crippen LogP contribution in [0.15, 0.2) is 71.6 Å². The monoisotopic (exact) mass is 394 g/mol. The number of sulfonamides is 1. The molecule has 0 atom stereocenters. The van der Waals surface area contributed by atoms with E-state index < -0.39 is 10.0 Å². The van der Waals surface area contributed by atoms with Crippen molar-refractivity contribution in [3.8, 4) is 0 Å². The predicted octanol–water partition coefficient (Wildman–Crippen LogP) is 4.66. The average Bonchev–Trinajstić information content (AvgIpc) is 2.65. The topological polar surface area (TPSA) is 75.3 Å². The van der Waals surface area contributed by atoms with Gasteiger partial charge in [-0.15, -0.1) is 0 Å². The Morgan fingerprint density at radius 3 is 2.11 bits per heavy atom. The molecule has 3 rings (SSSR count). The molecule has 28 heavy (non-hydrogen) atoms. The minimum atomic E-state index is -3.71. The van der Waals surface area contributed by atoms with E-state index >= 15 is 0 Å². The number of carbonyl (C=O) groups is 1. The van der Waals surface area contributed by atoms with Crippen LogP contribution in [0.4, 0.5) is 11.4 Å². The Morgan fingerprint density at radius 2 is 1.46 bits per heavy atom. The van der Waals surface area contributed by atoms with E-state index in [4.69, 9.17) is 0 Å². The van der Waals surface area contributed by atoms with Crippen LogP contribution in [-0.2, 0) is 10.0 Å². The molecule has 0 heterocycles. The number of benzene rings is 3. The quantitative estimate of drug-likeness (QED) is 0.661. The van der Waals surface area contributed by atoms with Crippen LogP contribution in [0.25, 0.3) is 0 Å². The van der Waals surface area contributed by atoms with Gasteiger partial charge in [0.1, 0.15) is 0 Å². The highest BCUT2D eigenvalue weighted by Gasteiger charge is 2.15. The summed E-state index contributed by atoms with van der Waals surface area (Å²) in [6, 6.07) is 18.5. The second-order valence-corrected chi connectivity index (χ2v) is 8.41. The Bertz CT molecular complexity index is 1100. The van der Waals surface area contributed by atoms with Gasteiger partial charge < -0.3 is 5.32 Å². The SMILES string of the molecule is Cc1cc(C)c(NC(=O)c2cccc(NS(=O)(=O)c3ccccc3)c2)c(C)c1. The zero-order valence-corrected chi connectivity index (χ0v) is 16.8. The van der Waals surface area contributed by atoms with Crippen LogP contribution in [0.1, 0.15) is 27.0 Å². The standard InChI is InChI=1S/C22H22N2O3S/c1-15-12-16(2)21(17(3)13-15)23-22(25)18-8-7-9-19(14-18)24-28(26,27)20-10-5-4-6-11-20/h4-14,24H,1-3H3,(H,23,25). The average molecular weight is 394 g/mol.